The van der Waals surface area contributed by atoms with Crippen LogP contribution < -0.4 is 5.32 Å². The van der Waals surface area contributed by atoms with E-state index in [4.69, 9.17) is 0 Å². The zero-order valence-corrected chi connectivity index (χ0v) is 11.6. The maximum absolute atomic E-state index is 11.0. The van der Waals surface area contributed by atoms with Gasteiger partial charge >= 0.3 is 0 Å². The molecule has 1 rings (SSSR count). The van der Waals surface area contributed by atoms with Gasteiger partial charge in [0.1, 0.15) is 0 Å². The number of likely N-dealkylation sites (N-methyl/N-ethyl adjacent to an activating group) is 1. The molecule has 4 nitrogen and oxygen atoms in total. The van der Waals surface area contributed by atoms with Crippen LogP contribution in [0.5, 0.6) is 0 Å². The Balaban J connectivity index is 2.04. The smallest absolute Gasteiger partial charge is 0.0383 e. The van der Waals surface area contributed by atoms with Crippen molar-refractivity contribution in [1.82, 2.24) is 15.1 Å². The number of nitrogens with zero attached hydrogens (tertiary/aromatic N) is 2. The van der Waals surface area contributed by atoms with Crippen molar-refractivity contribution in [2.24, 2.45) is 0 Å². The lowest BCUT2D eigenvalue weighted by molar-refractivity contribution is 0.154. The highest BCUT2D eigenvalue weighted by atomic mass is 32.2. The van der Waals surface area contributed by atoms with Crippen molar-refractivity contribution >= 4 is 10.8 Å². The van der Waals surface area contributed by atoms with Gasteiger partial charge in [-0.3, -0.25) is 9.11 Å². The number of hydrogen-bond donors (Lipinski definition) is 1. The summed E-state index contributed by atoms with van der Waals surface area (Å²) in [6, 6.07) is 0.360. The predicted octanol–water partition coefficient (Wildman–Crippen LogP) is -0.410. The molecule has 1 N–H and O–H groups in total. The molecule has 5 heteroatoms. The van der Waals surface area contributed by atoms with Gasteiger partial charge in [-0.15, -0.1) is 0 Å². The molecule has 1 saturated heterocycles. The zero-order valence-electron chi connectivity index (χ0n) is 10.7. The SMILES string of the molecule is CC(CS(C)=O)NCCN1CCN(C)CC1. The molecule has 0 spiro atoms. The van der Waals surface area contributed by atoms with Gasteiger partial charge < -0.3 is 10.2 Å². The Labute approximate surface area is 102 Å². The Hall–Kier alpha value is 0.0300. The molecule has 1 heterocycles. The molecule has 16 heavy (non-hydrogen) atoms. The first-order valence-corrected chi connectivity index (χ1v) is 7.75. The summed E-state index contributed by atoms with van der Waals surface area (Å²) in [5.74, 6) is 0.753. The highest BCUT2D eigenvalue weighted by Gasteiger charge is 2.13. The van der Waals surface area contributed by atoms with Crippen molar-refractivity contribution in [1.29, 1.82) is 0 Å². The predicted molar refractivity (Wildman–Crippen MR) is 70.3 cm³/mol. The fourth-order valence-corrected chi connectivity index (χ4v) is 2.77. The van der Waals surface area contributed by atoms with E-state index in [1.54, 1.807) is 6.26 Å². The molecule has 0 aromatic heterocycles. The van der Waals surface area contributed by atoms with Crippen LogP contribution in [0, 0.1) is 0 Å². The molecule has 0 saturated carbocycles. The lowest BCUT2D eigenvalue weighted by Gasteiger charge is -2.32. The number of rotatable bonds is 6. The Morgan fingerprint density at radius 3 is 2.50 bits per heavy atom. The van der Waals surface area contributed by atoms with Gasteiger partial charge in [-0.25, -0.2) is 0 Å². The molecule has 0 aliphatic carbocycles. The summed E-state index contributed by atoms with van der Waals surface area (Å²) >= 11 is 0. The molecular formula is C11H25N3OS. The van der Waals surface area contributed by atoms with E-state index in [2.05, 4.69) is 29.1 Å². The van der Waals surface area contributed by atoms with Crippen LogP contribution in [0.25, 0.3) is 0 Å². The van der Waals surface area contributed by atoms with Crippen molar-refractivity contribution in [3.63, 3.8) is 0 Å². The van der Waals surface area contributed by atoms with Crippen LogP contribution in [0.2, 0.25) is 0 Å². The standard InChI is InChI=1S/C11H25N3OS/c1-11(10-16(3)15)12-4-5-14-8-6-13(2)7-9-14/h11-12H,4-10H2,1-3H3. The average molecular weight is 247 g/mol. The lowest BCUT2D eigenvalue weighted by Crippen LogP contribution is -2.47. The topological polar surface area (TPSA) is 35.6 Å². The minimum absolute atomic E-state index is 0.360. The number of hydrogen-bond acceptors (Lipinski definition) is 4. The minimum atomic E-state index is -0.691. The van der Waals surface area contributed by atoms with E-state index in [-0.39, 0.29) is 0 Å². The third-order valence-electron chi connectivity index (χ3n) is 3.00. The maximum Gasteiger partial charge on any atom is 0.0383 e. The van der Waals surface area contributed by atoms with Gasteiger partial charge in [-0.1, -0.05) is 0 Å². The first-order valence-electron chi connectivity index (χ1n) is 6.02. The molecule has 2 unspecified atom stereocenters. The number of piperazine rings is 1. The van der Waals surface area contributed by atoms with Gasteiger partial charge in [0, 0.05) is 68.1 Å². The molecule has 0 bridgehead atoms. The van der Waals surface area contributed by atoms with Crippen molar-refractivity contribution in [3.05, 3.63) is 0 Å². The second-order valence-corrected chi connectivity index (χ2v) is 6.22. The average Bonchev–Trinajstić information content (AvgIpc) is 2.20. The van der Waals surface area contributed by atoms with Crippen molar-refractivity contribution in [3.8, 4) is 0 Å². The Kier molecular flexibility index (Phi) is 6.49. The second kappa shape index (κ2) is 7.37. The van der Waals surface area contributed by atoms with Crippen LogP contribution in [0.1, 0.15) is 6.92 Å². The largest absolute Gasteiger partial charge is 0.312 e. The third-order valence-corrected chi connectivity index (χ3v) is 3.97. The lowest BCUT2D eigenvalue weighted by atomic mass is 10.3. The molecule has 1 fully saturated rings. The van der Waals surface area contributed by atoms with Gasteiger partial charge in [-0.2, -0.15) is 0 Å². The fraction of sp³-hybridized carbons (Fsp3) is 1.00. The van der Waals surface area contributed by atoms with Crippen molar-refractivity contribution in [2.75, 3.05) is 58.3 Å². The maximum atomic E-state index is 11.0. The molecule has 2 atom stereocenters. The van der Waals surface area contributed by atoms with Gasteiger partial charge in [0.2, 0.25) is 0 Å². The van der Waals surface area contributed by atoms with Gasteiger partial charge in [0.25, 0.3) is 0 Å². The third kappa shape index (κ3) is 5.94. The molecule has 0 aromatic rings. The Morgan fingerprint density at radius 1 is 1.31 bits per heavy atom. The van der Waals surface area contributed by atoms with Crippen LogP contribution in [-0.4, -0.2) is 78.4 Å². The van der Waals surface area contributed by atoms with Crippen LogP contribution in [0.4, 0.5) is 0 Å². The zero-order chi connectivity index (χ0) is 12.0. The quantitative estimate of drug-likeness (QED) is 0.692. The van der Waals surface area contributed by atoms with Crippen molar-refractivity contribution in [2.45, 2.75) is 13.0 Å². The van der Waals surface area contributed by atoms with E-state index < -0.39 is 10.8 Å². The summed E-state index contributed by atoms with van der Waals surface area (Å²) < 4.78 is 11.0. The van der Waals surface area contributed by atoms with Gasteiger partial charge in [0.15, 0.2) is 0 Å². The Morgan fingerprint density at radius 2 is 1.94 bits per heavy atom. The first-order chi connectivity index (χ1) is 7.58. The summed E-state index contributed by atoms with van der Waals surface area (Å²) in [6.07, 6.45) is 1.76. The van der Waals surface area contributed by atoms with E-state index in [0.29, 0.717) is 6.04 Å². The minimum Gasteiger partial charge on any atom is -0.312 e. The molecular weight excluding hydrogens is 222 g/mol. The summed E-state index contributed by atoms with van der Waals surface area (Å²) in [7, 11) is 1.48. The van der Waals surface area contributed by atoms with Crippen LogP contribution in [-0.2, 0) is 10.8 Å². The summed E-state index contributed by atoms with van der Waals surface area (Å²) in [6.45, 7) is 8.91. The second-order valence-electron chi connectivity index (χ2n) is 4.74. The van der Waals surface area contributed by atoms with E-state index >= 15 is 0 Å². The first kappa shape index (κ1) is 14.1. The van der Waals surface area contributed by atoms with E-state index in [0.717, 1.165) is 18.8 Å². The van der Waals surface area contributed by atoms with Gasteiger partial charge in [0.05, 0.1) is 0 Å². The highest BCUT2D eigenvalue weighted by Crippen LogP contribution is 1.97. The molecule has 0 aromatic carbocycles. The molecule has 0 amide bonds. The number of nitrogens with one attached hydrogen (secondary N) is 1. The van der Waals surface area contributed by atoms with E-state index in [9.17, 15) is 4.21 Å². The normalized spacial score (nSPS) is 23.2. The molecule has 1 aliphatic heterocycles. The van der Waals surface area contributed by atoms with E-state index in [1.165, 1.54) is 26.2 Å². The van der Waals surface area contributed by atoms with Crippen molar-refractivity contribution < 1.29 is 4.21 Å². The van der Waals surface area contributed by atoms with E-state index in [1.807, 2.05) is 0 Å². The summed E-state index contributed by atoms with van der Waals surface area (Å²) in [5, 5.41) is 3.42. The monoisotopic (exact) mass is 247 g/mol. The summed E-state index contributed by atoms with van der Waals surface area (Å²) in [5.41, 5.74) is 0. The summed E-state index contributed by atoms with van der Waals surface area (Å²) in [4.78, 5) is 4.86. The molecule has 0 radical (unpaired) electrons. The fourth-order valence-electron chi connectivity index (χ4n) is 1.95. The Bertz CT molecular complexity index is 217. The van der Waals surface area contributed by atoms with Crippen LogP contribution in [0.15, 0.2) is 0 Å². The molecule has 96 valence electrons. The highest BCUT2D eigenvalue weighted by molar-refractivity contribution is 7.84. The van der Waals surface area contributed by atoms with Crippen LogP contribution in [0.3, 0.4) is 0 Å². The van der Waals surface area contributed by atoms with Crippen LogP contribution >= 0.6 is 0 Å². The van der Waals surface area contributed by atoms with Gasteiger partial charge in [-0.05, 0) is 14.0 Å². The molecule has 1 aliphatic rings.